The molecule has 1 heterocycles. The molecule has 8 heteroatoms. The van der Waals surface area contributed by atoms with Gasteiger partial charge >= 0.3 is 0 Å². The van der Waals surface area contributed by atoms with E-state index in [0.717, 1.165) is 5.56 Å². The van der Waals surface area contributed by atoms with Crippen LogP contribution in [0.15, 0.2) is 47.4 Å². The highest BCUT2D eigenvalue weighted by atomic mass is 32.2. The number of amides is 1. The fourth-order valence-corrected chi connectivity index (χ4v) is 3.10. The van der Waals surface area contributed by atoms with Gasteiger partial charge in [0.15, 0.2) is 0 Å². The third-order valence-corrected chi connectivity index (χ3v) is 4.66. The molecular formula is C16H16N2O5S. The monoisotopic (exact) mass is 348 g/mol. The SMILES string of the molecule is COc1ccc(S(N)(=O)=O)cc1C(=O)N[C@@H]1COc2ccccc21. The van der Waals surface area contributed by atoms with E-state index in [1.165, 1.54) is 25.3 Å². The summed E-state index contributed by atoms with van der Waals surface area (Å²) in [6.07, 6.45) is 0. The Morgan fingerprint density at radius 2 is 2.04 bits per heavy atom. The van der Waals surface area contributed by atoms with Gasteiger partial charge < -0.3 is 14.8 Å². The molecule has 3 rings (SSSR count). The van der Waals surface area contributed by atoms with Crippen LogP contribution < -0.4 is 19.9 Å². The number of fused-ring (bicyclic) bond motifs is 1. The van der Waals surface area contributed by atoms with Gasteiger partial charge in [0.2, 0.25) is 10.0 Å². The fraction of sp³-hybridized carbons (Fsp3) is 0.188. The molecule has 1 atom stereocenters. The first-order valence-electron chi connectivity index (χ1n) is 7.13. The van der Waals surface area contributed by atoms with Crippen molar-refractivity contribution in [3.63, 3.8) is 0 Å². The molecule has 1 amide bonds. The quantitative estimate of drug-likeness (QED) is 0.863. The van der Waals surface area contributed by atoms with E-state index in [2.05, 4.69) is 5.32 Å². The van der Waals surface area contributed by atoms with Crippen molar-refractivity contribution in [1.82, 2.24) is 5.32 Å². The molecule has 0 radical (unpaired) electrons. The minimum atomic E-state index is -3.92. The van der Waals surface area contributed by atoms with Crippen LogP contribution in [-0.4, -0.2) is 28.0 Å². The van der Waals surface area contributed by atoms with Crippen molar-refractivity contribution in [3.8, 4) is 11.5 Å². The van der Waals surface area contributed by atoms with E-state index >= 15 is 0 Å². The number of sulfonamides is 1. The van der Waals surface area contributed by atoms with Crippen LogP contribution in [0, 0.1) is 0 Å². The molecule has 2 aromatic carbocycles. The maximum atomic E-state index is 12.6. The number of nitrogens with two attached hydrogens (primary N) is 1. The Kier molecular flexibility index (Phi) is 4.16. The second kappa shape index (κ2) is 6.14. The van der Waals surface area contributed by atoms with Gasteiger partial charge in [0, 0.05) is 5.56 Å². The van der Waals surface area contributed by atoms with Crippen LogP contribution in [-0.2, 0) is 10.0 Å². The van der Waals surface area contributed by atoms with Crippen LogP contribution >= 0.6 is 0 Å². The van der Waals surface area contributed by atoms with Crippen molar-refractivity contribution in [2.45, 2.75) is 10.9 Å². The highest BCUT2D eigenvalue weighted by Gasteiger charge is 2.27. The number of hydrogen-bond acceptors (Lipinski definition) is 5. The minimum absolute atomic E-state index is 0.0911. The summed E-state index contributed by atoms with van der Waals surface area (Å²) in [5, 5.41) is 7.95. The van der Waals surface area contributed by atoms with Crippen LogP contribution in [0.25, 0.3) is 0 Å². The van der Waals surface area contributed by atoms with Gasteiger partial charge in [0.25, 0.3) is 5.91 Å². The predicted octanol–water partition coefficient (Wildman–Crippen LogP) is 1.21. The first-order chi connectivity index (χ1) is 11.4. The molecule has 0 fully saturated rings. The van der Waals surface area contributed by atoms with Gasteiger partial charge in [-0.05, 0) is 24.3 Å². The van der Waals surface area contributed by atoms with Crippen LogP contribution in [0.2, 0.25) is 0 Å². The van der Waals surface area contributed by atoms with Crippen LogP contribution in [0.5, 0.6) is 11.5 Å². The van der Waals surface area contributed by atoms with Crippen LogP contribution in [0.3, 0.4) is 0 Å². The van der Waals surface area contributed by atoms with Gasteiger partial charge in [-0.3, -0.25) is 4.79 Å². The summed E-state index contributed by atoms with van der Waals surface area (Å²) in [5.41, 5.74) is 0.959. The second-order valence-electron chi connectivity index (χ2n) is 5.28. The van der Waals surface area contributed by atoms with Gasteiger partial charge in [-0.15, -0.1) is 0 Å². The minimum Gasteiger partial charge on any atom is -0.496 e. The third kappa shape index (κ3) is 3.06. The standard InChI is InChI=1S/C16H16N2O5S/c1-22-14-7-6-10(24(17,20)21)8-12(14)16(19)18-13-9-23-15-5-3-2-4-11(13)15/h2-8,13H,9H2,1H3,(H,18,19)(H2,17,20,21)/t13-/m1/s1. The zero-order valence-corrected chi connectivity index (χ0v) is 13.7. The molecule has 2 aromatic rings. The Hall–Kier alpha value is -2.58. The Labute approximate surface area is 139 Å². The maximum Gasteiger partial charge on any atom is 0.255 e. The molecule has 7 nitrogen and oxygen atoms in total. The highest BCUT2D eigenvalue weighted by Crippen LogP contribution is 2.32. The molecule has 0 saturated heterocycles. The summed E-state index contributed by atoms with van der Waals surface area (Å²) >= 11 is 0. The van der Waals surface area contributed by atoms with Crippen molar-refractivity contribution in [2.24, 2.45) is 5.14 Å². The Bertz CT molecular complexity index is 895. The van der Waals surface area contributed by atoms with Gasteiger partial charge in [-0.1, -0.05) is 18.2 Å². The van der Waals surface area contributed by atoms with E-state index in [9.17, 15) is 13.2 Å². The molecule has 0 saturated carbocycles. The van der Waals surface area contributed by atoms with Crippen molar-refractivity contribution in [3.05, 3.63) is 53.6 Å². The Morgan fingerprint density at radius 1 is 1.29 bits per heavy atom. The Morgan fingerprint density at radius 3 is 2.75 bits per heavy atom. The molecule has 126 valence electrons. The number of ether oxygens (including phenoxy) is 2. The van der Waals surface area contributed by atoms with E-state index in [1.807, 2.05) is 24.3 Å². The first-order valence-corrected chi connectivity index (χ1v) is 8.68. The lowest BCUT2D eigenvalue weighted by molar-refractivity contribution is 0.0927. The molecular weight excluding hydrogens is 332 g/mol. The molecule has 0 unspecified atom stereocenters. The van der Waals surface area contributed by atoms with Gasteiger partial charge in [0.05, 0.1) is 23.6 Å². The van der Waals surface area contributed by atoms with Crippen LogP contribution in [0.1, 0.15) is 22.0 Å². The van der Waals surface area contributed by atoms with Gasteiger partial charge in [0.1, 0.15) is 18.1 Å². The average molecular weight is 348 g/mol. The molecule has 0 spiro atoms. The normalized spacial score (nSPS) is 16.2. The molecule has 0 aromatic heterocycles. The van der Waals surface area contributed by atoms with Crippen molar-refractivity contribution in [1.29, 1.82) is 0 Å². The number of primary sulfonamides is 1. The van der Waals surface area contributed by atoms with Crippen molar-refractivity contribution in [2.75, 3.05) is 13.7 Å². The summed E-state index contributed by atoms with van der Waals surface area (Å²) in [4.78, 5) is 12.4. The molecule has 0 aliphatic carbocycles. The van der Waals surface area contributed by atoms with Crippen LogP contribution in [0.4, 0.5) is 0 Å². The number of carbonyl (C=O) groups excluding carboxylic acids is 1. The lowest BCUT2D eigenvalue weighted by atomic mass is 10.1. The molecule has 24 heavy (non-hydrogen) atoms. The number of para-hydroxylation sites is 1. The summed E-state index contributed by atoms with van der Waals surface area (Å²) < 4.78 is 33.7. The lowest BCUT2D eigenvalue weighted by Gasteiger charge is -2.14. The topological polar surface area (TPSA) is 108 Å². The summed E-state index contributed by atoms with van der Waals surface area (Å²) in [5.74, 6) is 0.503. The zero-order valence-electron chi connectivity index (χ0n) is 12.9. The first kappa shape index (κ1) is 16.3. The average Bonchev–Trinajstić information content (AvgIpc) is 2.96. The van der Waals surface area contributed by atoms with E-state index in [-0.39, 0.29) is 22.3 Å². The zero-order chi connectivity index (χ0) is 17.3. The smallest absolute Gasteiger partial charge is 0.255 e. The summed E-state index contributed by atoms with van der Waals surface area (Å²) in [6, 6.07) is 11.0. The number of rotatable bonds is 4. The molecule has 0 bridgehead atoms. The predicted molar refractivity (Wildman–Crippen MR) is 86.5 cm³/mol. The van der Waals surface area contributed by atoms with E-state index in [4.69, 9.17) is 14.6 Å². The van der Waals surface area contributed by atoms with Gasteiger partial charge in [-0.25, -0.2) is 13.6 Å². The molecule has 3 N–H and O–H groups in total. The number of methoxy groups -OCH3 is 1. The van der Waals surface area contributed by atoms with E-state index < -0.39 is 15.9 Å². The van der Waals surface area contributed by atoms with Crippen molar-refractivity contribution < 1.29 is 22.7 Å². The molecule has 1 aliphatic heterocycles. The van der Waals surface area contributed by atoms with Crippen molar-refractivity contribution >= 4 is 15.9 Å². The Balaban J connectivity index is 1.90. The van der Waals surface area contributed by atoms with Gasteiger partial charge in [-0.2, -0.15) is 0 Å². The molecule has 1 aliphatic rings. The van der Waals surface area contributed by atoms with E-state index in [1.54, 1.807) is 0 Å². The third-order valence-electron chi connectivity index (χ3n) is 3.75. The number of benzene rings is 2. The summed E-state index contributed by atoms with van der Waals surface area (Å²) in [6.45, 7) is 0.308. The summed E-state index contributed by atoms with van der Waals surface area (Å²) in [7, 11) is -2.52. The van der Waals surface area contributed by atoms with E-state index in [0.29, 0.717) is 12.4 Å². The number of carbonyl (C=O) groups is 1. The lowest BCUT2D eigenvalue weighted by Crippen LogP contribution is -2.30. The fourth-order valence-electron chi connectivity index (χ4n) is 2.56. The maximum absolute atomic E-state index is 12.6. The second-order valence-corrected chi connectivity index (χ2v) is 6.84. The highest BCUT2D eigenvalue weighted by molar-refractivity contribution is 7.89. The largest absolute Gasteiger partial charge is 0.496 e. The number of nitrogens with one attached hydrogen (secondary N) is 1. The number of hydrogen-bond donors (Lipinski definition) is 2.